The second-order valence-corrected chi connectivity index (χ2v) is 6.41. The fourth-order valence-corrected chi connectivity index (χ4v) is 2.98. The number of rotatable bonds is 3. The molecule has 0 N–H and O–H groups in total. The molecule has 0 spiro atoms. The summed E-state index contributed by atoms with van der Waals surface area (Å²) >= 11 is 2.47. The topological polar surface area (TPSA) is 82.0 Å². The number of benzene rings is 1. The first-order valence-corrected chi connectivity index (χ1v) is 8.50. The summed E-state index contributed by atoms with van der Waals surface area (Å²) in [5, 5.41) is -0.146. The second-order valence-electron chi connectivity index (χ2n) is 4.39. The van der Waals surface area contributed by atoms with E-state index in [0.717, 1.165) is 11.8 Å². The zero-order valence-electron chi connectivity index (χ0n) is 12.6. The molecule has 2 rings (SSSR count). The minimum atomic E-state index is -0.543. The highest BCUT2D eigenvalue weighted by Gasteiger charge is 2.21. The maximum Gasteiger partial charge on any atom is 0.308 e. The normalized spacial score (nSPS) is 15.5. The summed E-state index contributed by atoms with van der Waals surface area (Å²) in [7, 11) is 0. The lowest BCUT2D eigenvalue weighted by molar-refractivity contribution is -0.134. The monoisotopic (exact) mass is 351 g/mol. The van der Waals surface area contributed by atoms with E-state index in [1.54, 1.807) is 12.1 Å². The van der Waals surface area contributed by atoms with E-state index in [1.807, 2.05) is 6.26 Å². The van der Waals surface area contributed by atoms with Crippen LogP contribution in [0.15, 0.2) is 28.9 Å². The molecule has 0 atom stereocenters. The largest absolute Gasteiger partial charge is 0.423 e. The van der Waals surface area contributed by atoms with Crippen molar-refractivity contribution in [1.29, 1.82) is 0 Å². The van der Waals surface area contributed by atoms with Crippen molar-refractivity contribution < 1.29 is 23.9 Å². The van der Waals surface area contributed by atoms with Gasteiger partial charge in [-0.3, -0.25) is 14.4 Å². The van der Waals surface area contributed by atoms with E-state index < -0.39 is 11.9 Å². The van der Waals surface area contributed by atoms with Crippen molar-refractivity contribution in [1.82, 2.24) is 0 Å². The van der Waals surface area contributed by atoms with E-state index >= 15 is 0 Å². The second kappa shape index (κ2) is 7.47. The molecule has 1 aliphatic rings. The number of ether oxygens (including phenoxy) is 2. The summed E-state index contributed by atoms with van der Waals surface area (Å²) in [6, 6.07) is 4.65. The lowest BCUT2D eigenvalue weighted by Gasteiger charge is -2.09. The number of esters is 2. The molecule has 0 aromatic heterocycles. The van der Waals surface area contributed by atoms with E-state index in [2.05, 4.69) is 4.99 Å². The average Bonchev–Trinajstić information content (AvgIpc) is 2.81. The van der Waals surface area contributed by atoms with Gasteiger partial charge in [0.2, 0.25) is 5.12 Å². The van der Waals surface area contributed by atoms with Crippen LogP contribution in [0.3, 0.4) is 0 Å². The summed E-state index contributed by atoms with van der Waals surface area (Å²) in [4.78, 5) is 38.3. The van der Waals surface area contributed by atoms with E-state index in [1.165, 1.54) is 37.7 Å². The number of aliphatic imine (C=N–C) groups is 1. The number of carbonyl (C=O) groups excluding carboxylic acids is 3. The van der Waals surface area contributed by atoms with E-state index in [9.17, 15) is 14.4 Å². The summed E-state index contributed by atoms with van der Waals surface area (Å²) in [6.45, 7) is 2.50. The fourth-order valence-electron chi connectivity index (χ4n) is 1.72. The van der Waals surface area contributed by atoms with Gasteiger partial charge in [-0.25, -0.2) is 4.99 Å². The highest BCUT2D eigenvalue weighted by Crippen LogP contribution is 2.33. The molecule has 0 saturated carbocycles. The van der Waals surface area contributed by atoms with Crippen molar-refractivity contribution in [2.24, 2.45) is 4.99 Å². The fraction of sp³-hybridized carbons (Fsp3) is 0.200. The number of hydrogen-bond donors (Lipinski definition) is 0. The third-order valence-electron chi connectivity index (χ3n) is 2.55. The molecule has 120 valence electrons. The molecule has 0 amide bonds. The van der Waals surface area contributed by atoms with Gasteiger partial charge in [-0.2, -0.15) is 0 Å². The molecule has 0 saturated heterocycles. The summed E-state index contributed by atoms with van der Waals surface area (Å²) < 4.78 is 10.7. The third-order valence-corrected chi connectivity index (χ3v) is 4.41. The zero-order valence-corrected chi connectivity index (χ0v) is 14.2. The SMILES string of the molecule is CSC1=NC(=Cc2ccc(OC(C)=O)c(OC(C)=O)c2)C(=O)S1. The van der Waals surface area contributed by atoms with Crippen LogP contribution in [-0.2, 0) is 14.4 Å². The predicted octanol–water partition coefficient (Wildman–Crippen LogP) is 2.87. The van der Waals surface area contributed by atoms with Crippen LogP contribution in [0.4, 0.5) is 0 Å². The molecule has 0 aliphatic carbocycles. The Morgan fingerprint density at radius 2 is 1.83 bits per heavy atom. The Hall–Kier alpha value is -2.06. The van der Waals surface area contributed by atoms with Gasteiger partial charge in [0.1, 0.15) is 10.1 Å². The maximum absolute atomic E-state index is 11.8. The third kappa shape index (κ3) is 4.70. The van der Waals surface area contributed by atoms with Crippen LogP contribution in [0.1, 0.15) is 19.4 Å². The molecular formula is C15H13NO5S2. The molecule has 0 fully saturated rings. The van der Waals surface area contributed by atoms with Gasteiger partial charge in [0.15, 0.2) is 11.5 Å². The van der Waals surface area contributed by atoms with Crippen LogP contribution in [-0.4, -0.2) is 27.7 Å². The van der Waals surface area contributed by atoms with Crippen molar-refractivity contribution in [3.05, 3.63) is 29.5 Å². The van der Waals surface area contributed by atoms with E-state index in [-0.39, 0.29) is 16.6 Å². The van der Waals surface area contributed by atoms with Crippen molar-refractivity contribution in [3.8, 4) is 11.5 Å². The van der Waals surface area contributed by atoms with E-state index in [0.29, 0.717) is 15.6 Å². The smallest absolute Gasteiger partial charge is 0.308 e. The number of hydrogen-bond acceptors (Lipinski definition) is 8. The Balaban J connectivity index is 2.37. The quantitative estimate of drug-likeness (QED) is 0.470. The highest BCUT2D eigenvalue weighted by atomic mass is 32.2. The average molecular weight is 351 g/mol. The van der Waals surface area contributed by atoms with Gasteiger partial charge in [0.05, 0.1) is 0 Å². The molecule has 1 aromatic rings. The number of thioether (sulfide) groups is 2. The lowest BCUT2D eigenvalue weighted by atomic mass is 10.1. The molecular weight excluding hydrogens is 338 g/mol. The van der Waals surface area contributed by atoms with Gasteiger partial charge in [0, 0.05) is 13.8 Å². The van der Waals surface area contributed by atoms with Gasteiger partial charge in [-0.1, -0.05) is 6.07 Å². The molecule has 8 heteroatoms. The number of carbonyl (C=O) groups is 3. The minimum Gasteiger partial charge on any atom is -0.423 e. The maximum atomic E-state index is 11.8. The Labute approximate surface area is 141 Å². The summed E-state index contributed by atoms with van der Waals surface area (Å²) in [5.41, 5.74) is 0.917. The number of nitrogens with zero attached hydrogens (tertiary/aromatic N) is 1. The molecule has 1 heterocycles. The van der Waals surface area contributed by atoms with Crippen LogP contribution < -0.4 is 9.47 Å². The molecule has 1 aliphatic heterocycles. The van der Waals surface area contributed by atoms with E-state index in [4.69, 9.17) is 9.47 Å². The van der Waals surface area contributed by atoms with Crippen LogP contribution in [0.2, 0.25) is 0 Å². The van der Waals surface area contributed by atoms with Crippen LogP contribution >= 0.6 is 23.5 Å². The van der Waals surface area contributed by atoms with Crippen molar-refractivity contribution in [2.75, 3.05) is 6.26 Å². The Kier molecular flexibility index (Phi) is 5.62. The van der Waals surface area contributed by atoms with Crippen molar-refractivity contribution >= 4 is 51.0 Å². The predicted molar refractivity (Wildman–Crippen MR) is 90.6 cm³/mol. The molecule has 0 radical (unpaired) electrons. The van der Waals surface area contributed by atoms with Crippen LogP contribution in [0.25, 0.3) is 6.08 Å². The Bertz CT molecular complexity index is 739. The van der Waals surface area contributed by atoms with Gasteiger partial charge in [0.25, 0.3) is 0 Å². The van der Waals surface area contributed by atoms with Gasteiger partial charge < -0.3 is 9.47 Å². The highest BCUT2D eigenvalue weighted by molar-refractivity contribution is 8.45. The van der Waals surface area contributed by atoms with Crippen molar-refractivity contribution in [3.63, 3.8) is 0 Å². The Morgan fingerprint density at radius 3 is 2.39 bits per heavy atom. The first-order valence-electron chi connectivity index (χ1n) is 6.46. The van der Waals surface area contributed by atoms with Crippen LogP contribution in [0.5, 0.6) is 11.5 Å². The van der Waals surface area contributed by atoms with Gasteiger partial charge in [-0.15, -0.1) is 11.8 Å². The standard InChI is InChI=1S/C15H13NO5S2/c1-8(17)20-12-5-4-10(7-13(12)21-9(2)18)6-11-14(19)23-15(16-11)22-3/h4-7H,1-3H3. The van der Waals surface area contributed by atoms with Gasteiger partial charge >= 0.3 is 11.9 Å². The lowest BCUT2D eigenvalue weighted by Crippen LogP contribution is -2.07. The van der Waals surface area contributed by atoms with Gasteiger partial charge in [-0.05, 0) is 41.8 Å². The Morgan fingerprint density at radius 1 is 1.17 bits per heavy atom. The minimum absolute atomic E-state index is 0.106. The zero-order chi connectivity index (χ0) is 17.0. The summed E-state index contributed by atoms with van der Waals surface area (Å²) in [6.07, 6.45) is 3.43. The summed E-state index contributed by atoms with van der Waals surface area (Å²) in [5.74, 6) is -0.830. The molecule has 23 heavy (non-hydrogen) atoms. The molecule has 6 nitrogen and oxygen atoms in total. The molecule has 0 bridgehead atoms. The molecule has 0 unspecified atom stereocenters. The first kappa shape index (κ1) is 17.3. The van der Waals surface area contributed by atoms with Crippen molar-refractivity contribution in [2.45, 2.75) is 13.8 Å². The first-order chi connectivity index (χ1) is 10.9. The van der Waals surface area contributed by atoms with Crippen LogP contribution in [0, 0.1) is 0 Å². The molecule has 1 aromatic carbocycles.